The summed E-state index contributed by atoms with van der Waals surface area (Å²) in [6.07, 6.45) is 0.697. The van der Waals surface area contributed by atoms with Gasteiger partial charge in [-0.05, 0) is 36.6 Å². The molecule has 0 aromatic heterocycles. The van der Waals surface area contributed by atoms with E-state index in [0.717, 1.165) is 5.56 Å². The van der Waals surface area contributed by atoms with Crippen molar-refractivity contribution in [2.45, 2.75) is 18.1 Å². The Balaban J connectivity index is 0.00000176. The number of sulfonamides is 1. The SMILES string of the molecule is N.O=S1(=O)C(CCO)Cc2ccccc2N1c1ccccc1. The molecule has 0 fully saturated rings. The number of nitrogens with zero attached hydrogens (tertiary/aromatic N) is 1. The fourth-order valence-electron chi connectivity index (χ4n) is 2.76. The second-order valence-electron chi connectivity index (χ2n) is 5.11. The molecule has 0 bridgehead atoms. The van der Waals surface area contributed by atoms with Gasteiger partial charge in [0, 0.05) is 6.61 Å². The number of fused-ring (bicyclic) bond motifs is 1. The first-order chi connectivity index (χ1) is 10.1. The van der Waals surface area contributed by atoms with Crippen LogP contribution in [0.2, 0.25) is 0 Å². The van der Waals surface area contributed by atoms with Crippen LogP contribution >= 0.6 is 0 Å². The van der Waals surface area contributed by atoms with Crippen molar-refractivity contribution in [2.24, 2.45) is 0 Å². The molecule has 1 aliphatic heterocycles. The Morgan fingerprint density at radius 3 is 2.36 bits per heavy atom. The molecule has 0 amide bonds. The van der Waals surface area contributed by atoms with Gasteiger partial charge in [-0.2, -0.15) is 0 Å². The fourth-order valence-corrected chi connectivity index (χ4v) is 4.72. The number of benzene rings is 2. The lowest BCUT2D eigenvalue weighted by atomic mass is 10.0. The van der Waals surface area contributed by atoms with E-state index in [-0.39, 0.29) is 19.2 Å². The average molecular weight is 320 g/mol. The molecule has 1 heterocycles. The lowest BCUT2D eigenvalue weighted by Gasteiger charge is -2.35. The van der Waals surface area contributed by atoms with Crippen molar-refractivity contribution in [2.75, 3.05) is 10.9 Å². The molecule has 1 atom stereocenters. The van der Waals surface area contributed by atoms with Crippen LogP contribution in [0.1, 0.15) is 12.0 Å². The summed E-state index contributed by atoms with van der Waals surface area (Å²) in [5.74, 6) is 0. The van der Waals surface area contributed by atoms with Crippen LogP contribution in [-0.2, 0) is 16.4 Å². The highest BCUT2D eigenvalue weighted by Gasteiger charge is 2.38. The van der Waals surface area contributed by atoms with Crippen LogP contribution in [0.3, 0.4) is 0 Å². The molecular weight excluding hydrogens is 300 g/mol. The van der Waals surface area contributed by atoms with Crippen molar-refractivity contribution in [1.82, 2.24) is 6.15 Å². The zero-order chi connectivity index (χ0) is 14.9. The number of hydrogen-bond acceptors (Lipinski definition) is 4. The van der Waals surface area contributed by atoms with Crippen molar-refractivity contribution < 1.29 is 13.5 Å². The van der Waals surface area contributed by atoms with Gasteiger partial charge in [-0.1, -0.05) is 36.4 Å². The highest BCUT2D eigenvalue weighted by Crippen LogP contribution is 2.39. The minimum atomic E-state index is -3.52. The summed E-state index contributed by atoms with van der Waals surface area (Å²) in [4.78, 5) is 0. The molecule has 1 aliphatic rings. The lowest BCUT2D eigenvalue weighted by Crippen LogP contribution is -2.41. The fraction of sp³-hybridized carbons (Fsp3) is 0.250. The maximum absolute atomic E-state index is 12.9. The third-order valence-corrected chi connectivity index (χ3v) is 5.94. The molecule has 0 aliphatic carbocycles. The number of aliphatic hydroxyl groups is 1. The first-order valence-corrected chi connectivity index (χ1v) is 8.43. The van der Waals surface area contributed by atoms with Crippen molar-refractivity contribution in [3.8, 4) is 0 Å². The third-order valence-electron chi connectivity index (χ3n) is 3.78. The lowest BCUT2D eigenvalue weighted by molar-refractivity contribution is 0.284. The van der Waals surface area contributed by atoms with Gasteiger partial charge in [0.2, 0.25) is 10.0 Å². The Kier molecular flexibility index (Phi) is 4.85. The zero-order valence-electron chi connectivity index (χ0n) is 12.2. The van der Waals surface area contributed by atoms with Crippen molar-refractivity contribution in [3.63, 3.8) is 0 Å². The van der Waals surface area contributed by atoms with Crippen molar-refractivity contribution >= 4 is 21.4 Å². The number of aliphatic hydroxyl groups excluding tert-OH is 1. The van der Waals surface area contributed by atoms with E-state index in [1.165, 1.54) is 4.31 Å². The van der Waals surface area contributed by atoms with Crippen LogP contribution < -0.4 is 10.5 Å². The van der Waals surface area contributed by atoms with Crippen LogP contribution in [0.5, 0.6) is 0 Å². The molecule has 22 heavy (non-hydrogen) atoms. The van der Waals surface area contributed by atoms with E-state index in [1.54, 1.807) is 12.1 Å². The first kappa shape index (κ1) is 16.5. The maximum atomic E-state index is 12.9. The van der Waals surface area contributed by atoms with Crippen LogP contribution in [-0.4, -0.2) is 25.4 Å². The van der Waals surface area contributed by atoms with Crippen molar-refractivity contribution in [3.05, 3.63) is 60.2 Å². The van der Waals surface area contributed by atoms with Crippen LogP contribution in [0.4, 0.5) is 11.4 Å². The van der Waals surface area contributed by atoms with Gasteiger partial charge >= 0.3 is 0 Å². The minimum absolute atomic E-state index is 0. The largest absolute Gasteiger partial charge is 0.396 e. The summed E-state index contributed by atoms with van der Waals surface area (Å²) in [6, 6.07) is 16.6. The van der Waals surface area contributed by atoms with Crippen molar-refractivity contribution in [1.29, 1.82) is 0 Å². The van der Waals surface area contributed by atoms with E-state index in [2.05, 4.69) is 0 Å². The molecule has 2 aromatic carbocycles. The van der Waals surface area contributed by atoms with E-state index < -0.39 is 15.3 Å². The van der Waals surface area contributed by atoms with Gasteiger partial charge in [0.15, 0.2) is 0 Å². The third kappa shape index (κ3) is 2.72. The Bertz CT molecular complexity index is 732. The Hall–Kier alpha value is -1.89. The molecular formula is C16H20N2O3S. The Morgan fingerprint density at radius 1 is 1.05 bits per heavy atom. The highest BCUT2D eigenvalue weighted by atomic mass is 32.2. The molecule has 0 spiro atoms. The van der Waals surface area contributed by atoms with Crippen LogP contribution in [0, 0.1) is 0 Å². The van der Waals surface area contributed by atoms with Gasteiger partial charge in [-0.3, -0.25) is 0 Å². The molecule has 1 unspecified atom stereocenters. The molecule has 5 nitrogen and oxygen atoms in total. The van der Waals surface area contributed by atoms with Crippen LogP contribution in [0.25, 0.3) is 0 Å². The topological polar surface area (TPSA) is 92.6 Å². The molecule has 6 heteroatoms. The predicted octanol–water partition coefficient (Wildman–Crippen LogP) is 2.62. The van der Waals surface area contributed by atoms with Gasteiger partial charge in [0.25, 0.3) is 0 Å². The second-order valence-corrected chi connectivity index (χ2v) is 7.17. The minimum Gasteiger partial charge on any atom is -0.396 e. The van der Waals surface area contributed by atoms with E-state index in [1.807, 2.05) is 42.5 Å². The highest BCUT2D eigenvalue weighted by molar-refractivity contribution is 7.93. The van der Waals surface area contributed by atoms with Gasteiger partial charge in [0.05, 0.1) is 16.6 Å². The maximum Gasteiger partial charge on any atom is 0.242 e. The van der Waals surface area contributed by atoms with Crippen LogP contribution in [0.15, 0.2) is 54.6 Å². The smallest absolute Gasteiger partial charge is 0.242 e. The van der Waals surface area contributed by atoms with E-state index in [9.17, 15) is 13.5 Å². The molecule has 0 saturated carbocycles. The normalized spacial score (nSPS) is 19.1. The summed E-state index contributed by atoms with van der Waals surface area (Å²) >= 11 is 0. The van der Waals surface area contributed by atoms with Gasteiger partial charge in [-0.15, -0.1) is 0 Å². The monoisotopic (exact) mass is 320 g/mol. The number of hydrogen-bond donors (Lipinski definition) is 2. The Morgan fingerprint density at radius 2 is 1.68 bits per heavy atom. The number of anilines is 2. The molecule has 4 N–H and O–H groups in total. The summed E-state index contributed by atoms with van der Waals surface area (Å²) in [6.45, 7) is -0.130. The average Bonchev–Trinajstić information content (AvgIpc) is 2.49. The Labute approximate surface area is 130 Å². The summed E-state index contributed by atoms with van der Waals surface area (Å²) in [7, 11) is -3.52. The predicted molar refractivity (Wildman–Crippen MR) is 88.2 cm³/mol. The standard InChI is InChI=1S/C16H17NO3S.H3N/c18-11-10-15-12-13-6-4-5-9-16(13)17(21(15,19)20)14-7-2-1-3-8-14;/h1-9,15,18H,10-12H2;1H3. The quantitative estimate of drug-likeness (QED) is 0.909. The number of para-hydroxylation sites is 2. The summed E-state index contributed by atoms with van der Waals surface area (Å²) in [5.41, 5.74) is 2.33. The molecule has 3 rings (SSSR count). The number of rotatable bonds is 3. The van der Waals surface area contributed by atoms with E-state index in [0.29, 0.717) is 17.8 Å². The molecule has 2 aromatic rings. The zero-order valence-corrected chi connectivity index (χ0v) is 13.0. The van der Waals surface area contributed by atoms with Gasteiger partial charge in [0.1, 0.15) is 0 Å². The van der Waals surface area contributed by atoms with Gasteiger partial charge in [-0.25, -0.2) is 12.7 Å². The molecule has 118 valence electrons. The van der Waals surface area contributed by atoms with E-state index >= 15 is 0 Å². The summed E-state index contributed by atoms with van der Waals surface area (Å²) < 4.78 is 27.2. The molecule has 0 saturated heterocycles. The molecule has 0 radical (unpaired) electrons. The van der Waals surface area contributed by atoms with Gasteiger partial charge < -0.3 is 11.3 Å². The van der Waals surface area contributed by atoms with E-state index in [4.69, 9.17) is 0 Å². The second kappa shape index (κ2) is 6.48. The summed E-state index contributed by atoms with van der Waals surface area (Å²) in [5, 5.41) is 8.59. The first-order valence-electron chi connectivity index (χ1n) is 6.92.